The van der Waals surface area contributed by atoms with Gasteiger partial charge in [-0.3, -0.25) is 0 Å². The maximum absolute atomic E-state index is 6.00. The van der Waals surface area contributed by atoms with E-state index >= 15 is 0 Å². The number of fused-ring (bicyclic) bond motifs is 1. The van der Waals surface area contributed by atoms with Gasteiger partial charge in [-0.1, -0.05) is 18.2 Å². The molecule has 120 valence electrons. The number of nitrogens with zero attached hydrogens (tertiary/aromatic N) is 2. The fourth-order valence-corrected chi connectivity index (χ4v) is 2.86. The third-order valence-electron chi connectivity index (χ3n) is 3.32. The van der Waals surface area contributed by atoms with Gasteiger partial charge in [0.1, 0.15) is 5.69 Å². The van der Waals surface area contributed by atoms with E-state index in [9.17, 15) is 0 Å². The molecule has 0 N–H and O–H groups in total. The Morgan fingerprint density at radius 3 is 2.87 bits per heavy atom. The highest BCUT2D eigenvalue weighted by molar-refractivity contribution is 7.10. The summed E-state index contributed by atoms with van der Waals surface area (Å²) in [5.74, 6) is 1.97. The van der Waals surface area contributed by atoms with Crippen molar-refractivity contribution >= 4 is 29.0 Å². The fourth-order valence-electron chi connectivity index (χ4n) is 2.21. The molecule has 0 fully saturated rings. The molecule has 0 spiro atoms. The quantitative estimate of drug-likeness (QED) is 0.772. The smallest absolute Gasteiger partial charge is 0.258 e. The molecule has 0 amide bonds. The largest absolute Gasteiger partial charge is 0.475 e. The van der Waals surface area contributed by atoms with Crippen LogP contribution in [0.3, 0.4) is 0 Å². The normalized spacial score (nSPS) is 15.3. The van der Waals surface area contributed by atoms with E-state index in [-0.39, 0.29) is 0 Å². The number of para-hydroxylation sites is 2. The van der Waals surface area contributed by atoms with Crippen LogP contribution in [-0.2, 0) is 4.74 Å². The molecule has 0 unspecified atom stereocenters. The van der Waals surface area contributed by atoms with Crippen LogP contribution in [0.1, 0.15) is 11.3 Å². The summed E-state index contributed by atoms with van der Waals surface area (Å²) in [5, 5.41) is 2.04. The van der Waals surface area contributed by atoms with Crippen LogP contribution in [0.15, 0.2) is 52.5 Å². The number of aliphatic imine (C=N–C) groups is 1. The molecule has 2 aromatic rings. The number of benzene rings is 1. The lowest BCUT2D eigenvalue weighted by molar-refractivity contribution is 0.259. The Balaban J connectivity index is 1.80. The van der Waals surface area contributed by atoms with E-state index < -0.39 is 0 Å². The van der Waals surface area contributed by atoms with E-state index in [1.807, 2.05) is 47.9 Å². The van der Waals surface area contributed by atoms with E-state index in [2.05, 4.69) is 24.0 Å². The molecule has 3 rings (SSSR count). The summed E-state index contributed by atoms with van der Waals surface area (Å²) in [4.78, 5) is 7.87. The summed E-state index contributed by atoms with van der Waals surface area (Å²) in [6.07, 6.45) is 2.92. The van der Waals surface area contributed by atoms with Crippen LogP contribution in [0.25, 0.3) is 6.08 Å². The fraction of sp³-hybridized carbons (Fsp3) is 0.278. The third-order valence-corrected chi connectivity index (χ3v) is 4.14. The Morgan fingerprint density at radius 2 is 2.09 bits per heavy atom. The minimum atomic E-state index is 0.552. The van der Waals surface area contributed by atoms with Crippen LogP contribution in [0.2, 0.25) is 0 Å². The van der Waals surface area contributed by atoms with Crippen LogP contribution in [0.5, 0.6) is 5.75 Å². The first-order valence-electron chi connectivity index (χ1n) is 7.61. The van der Waals surface area contributed by atoms with Crippen molar-refractivity contribution in [1.82, 2.24) is 4.90 Å². The van der Waals surface area contributed by atoms with Gasteiger partial charge in [-0.15, -0.1) is 11.3 Å². The predicted octanol–water partition coefficient (Wildman–Crippen LogP) is 4.18. The van der Waals surface area contributed by atoms with Crippen LogP contribution >= 0.6 is 11.3 Å². The Kier molecular flexibility index (Phi) is 5.10. The van der Waals surface area contributed by atoms with Gasteiger partial charge >= 0.3 is 0 Å². The first-order valence-corrected chi connectivity index (χ1v) is 8.49. The average Bonchev–Trinajstić information content (AvgIpc) is 3.04. The Hall–Kier alpha value is -2.11. The summed E-state index contributed by atoms with van der Waals surface area (Å²) >= 11 is 1.66. The molecule has 23 heavy (non-hydrogen) atoms. The molecular weight excluding hydrogens is 308 g/mol. The highest BCUT2D eigenvalue weighted by Gasteiger charge is 2.20. The second kappa shape index (κ2) is 7.44. The van der Waals surface area contributed by atoms with Gasteiger partial charge in [0.2, 0.25) is 0 Å². The maximum Gasteiger partial charge on any atom is 0.258 e. The van der Waals surface area contributed by atoms with Crippen molar-refractivity contribution in [2.75, 3.05) is 27.2 Å². The number of rotatable bonds is 5. The molecule has 4 nitrogen and oxygen atoms in total. The summed E-state index contributed by atoms with van der Waals surface area (Å²) in [6.45, 7) is 1.60. The molecule has 5 heteroatoms. The number of hydrogen-bond donors (Lipinski definition) is 0. The van der Waals surface area contributed by atoms with Crippen molar-refractivity contribution in [2.24, 2.45) is 4.99 Å². The SMILES string of the molecule is CN(C)CCCOC1=Nc2ccccc2O/C1=C/c1cccs1. The Bertz CT molecular complexity index is 706. The highest BCUT2D eigenvalue weighted by atomic mass is 32.1. The lowest BCUT2D eigenvalue weighted by Crippen LogP contribution is -2.19. The van der Waals surface area contributed by atoms with Crippen LogP contribution in [-0.4, -0.2) is 38.0 Å². The molecule has 0 atom stereocenters. The van der Waals surface area contributed by atoms with E-state index in [0.29, 0.717) is 18.3 Å². The highest BCUT2D eigenvalue weighted by Crippen LogP contribution is 2.34. The Labute approximate surface area is 140 Å². The van der Waals surface area contributed by atoms with E-state index in [1.54, 1.807) is 11.3 Å². The zero-order valence-corrected chi connectivity index (χ0v) is 14.2. The number of hydrogen-bond acceptors (Lipinski definition) is 5. The second-order valence-electron chi connectivity index (χ2n) is 5.52. The molecule has 0 bridgehead atoms. The summed E-state index contributed by atoms with van der Waals surface area (Å²) in [5.41, 5.74) is 0.804. The minimum absolute atomic E-state index is 0.552. The van der Waals surface area contributed by atoms with E-state index in [0.717, 1.165) is 29.3 Å². The predicted molar refractivity (Wildman–Crippen MR) is 95.6 cm³/mol. The van der Waals surface area contributed by atoms with Crippen molar-refractivity contribution in [1.29, 1.82) is 0 Å². The van der Waals surface area contributed by atoms with Crippen LogP contribution in [0.4, 0.5) is 5.69 Å². The van der Waals surface area contributed by atoms with Crippen LogP contribution < -0.4 is 4.74 Å². The zero-order chi connectivity index (χ0) is 16.1. The summed E-state index contributed by atoms with van der Waals surface area (Å²) in [7, 11) is 4.11. The average molecular weight is 328 g/mol. The molecule has 2 heterocycles. The van der Waals surface area contributed by atoms with Gasteiger partial charge in [0, 0.05) is 17.5 Å². The van der Waals surface area contributed by atoms with E-state index in [4.69, 9.17) is 9.47 Å². The van der Waals surface area contributed by atoms with Gasteiger partial charge in [-0.2, -0.15) is 0 Å². The second-order valence-corrected chi connectivity index (χ2v) is 6.50. The van der Waals surface area contributed by atoms with Gasteiger partial charge in [0.15, 0.2) is 11.5 Å². The van der Waals surface area contributed by atoms with Gasteiger partial charge < -0.3 is 14.4 Å². The number of thiophene rings is 1. The maximum atomic E-state index is 6.00. The molecule has 1 aromatic carbocycles. The van der Waals surface area contributed by atoms with Gasteiger partial charge in [-0.25, -0.2) is 4.99 Å². The topological polar surface area (TPSA) is 34.1 Å². The lowest BCUT2D eigenvalue weighted by atomic mass is 10.2. The van der Waals surface area contributed by atoms with Crippen molar-refractivity contribution in [3.63, 3.8) is 0 Å². The summed E-state index contributed by atoms with van der Waals surface area (Å²) in [6, 6.07) is 11.8. The first-order chi connectivity index (χ1) is 11.2. The molecule has 0 saturated carbocycles. The lowest BCUT2D eigenvalue weighted by Gasteiger charge is -2.20. The Morgan fingerprint density at radius 1 is 1.22 bits per heavy atom. The monoisotopic (exact) mass is 328 g/mol. The minimum Gasteiger partial charge on any atom is -0.475 e. The van der Waals surface area contributed by atoms with E-state index in [1.165, 1.54) is 0 Å². The van der Waals surface area contributed by atoms with Crippen molar-refractivity contribution in [2.45, 2.75) is 6.42 Å². The molecular formula is C18H20N2O2S. The molecule has 1 aliphatic rings. The van der Waals surface area contributed by atoms with Gasteiger partial charge in [0.25, 0.3) is 5.90 Å². The molecule has 0 aliphatic carbocycles. The van der Waals surface area contributed by atoms with Crippen molar-refractivity contribution < 1.29 is 9.47 Å². The molecule has 1 aliphatic heterocycles. The number of ether oxygens (including phenoxy) is 2. The zero-order valence-electron chi connectivity index (χ0n) is 13.4. The van der Waals surface area contributed by atoms with Gasteiger partial charge in [0.05, 0.1) is 6.61 Å². The van der Waals surface area contributed by atoms with Crippen LogP contribution in [0, 0.1) is 0 Å². The summed E-state index contributed by atoms with van der Waals surface area (Å²) < 4.78 is 11.9. The molecule has 0 saturated heterocycles. The van der Waals surface area contributed by atoms with Gasteiger partial charge in [-0.05, 0) is 44.1 Å². The first kappa shape index (κ1) is 15.8. The molecule has 0 radical (unpaired) electrons. The third kappa shape index (κ3) is 4.21. The van der Waals surface area contributed by atoms with Crippen molar-refractivity contribution in [3.05, 3.63) is 52.4 Å². The van der Waals surface area contributed by atoms with Crippen molar-refractivity contribution in [3.8, 4) is 5.75 Å². The standard InChI is InChI=1S/C18H20N2O2S/c1-20(2)10-6-11-21-18-17(13-14-7-5-12-23-14)22-16-9-4-3-8-15(16)19-18/h3-5,7-9,12-13H,6,10-11H2,1-2H3/b17-13+. The molecule has 1 aromatic heterocycles.